The van der Waals surface area contributed by atoms with Gasteiger partial charge in [0.1, 0.15) is 5.75 Å². The number of amides is 2. The molecule has 9 heteroatoms. The van der Waals surface area contributed by atoms with E-state index in [0.29, 0.717) is 53.2 Å². The van der Waals surface area contributed by atoms with E-state index in [4.69, 9.17) is 20.8 Å². The fourth-order valence-electron chi connectivity index (χ4n) is 3.78. The quantitative estimate of drug-likeness (QED) is 0.548. The van der Waals surface area contributed by atoms with Crippen LogP contribution >= 0.6 is 11.6 Å². The molecule has 1 N–H and O–H groups in total. The molecule has 2 amide bonds. The molecule has 34 heavy (non-hydrogen) atoms. The Kier molecular flexibility index (Phi) is 7.49. The maximum absolute atomic E-state index is 12.9. The SMILES string of the molecule is COc1ccc(C(=O)N2CCN(C)CC2)cc1NC(=O)CCc1ncc(-c2ccccc2Cl)o1. The lowest BCUT2D eigenvalue weighted by Crippen LogP contribution is -2.47. The van der Waals surface area contributed by atoms with Crippen LogP contribution in [0.4, 0.5) is 5.69 Å². The minimum atomic E-state index is -0.236. The van der Waals surface area contributed by atoms with Crippen molar-refractivity contribution in [1.29, 1.82) is 0 Å². The number of benzene rings is 2. The van der Waals surface area contributed by atoms with Crippen LogP contribution in [0.3, 0.4) is 0 Å². The highest BCUT2D eigenvalue weighted by molar-refractivity contribution is 6.33. The average molecular weight is 483 g/mol. The predicted octanol–water partition coefficient (Wildman–Crippen LogP) is 3.96. The van der Waals surface area contributed by atoms with Gasteiger partial charge in [0, 0.05) is 50.1 Å². The first-order valence-corrected chi connectivity index (χ1v) is 11.5. The fraction of sp³-hybridized carbons (Fsp3) is 0.320. The van der Waals surface area contributed by atoms with Gasteiger partial charge in [0.2, 0.25) is 5.91 Å². The summed E-state index contributed by atoms with van der Waals surface area (Å²) in [7, 11) is 3.56. The molecule has 0 saturated carbocycles. The molecule has 1 saturated heterocycles. The van der Waals surface area contributed by atoms with Crippen LogP contribution in [0, 0.1) is 0 Å². The van der Waals surface area contributed by atoms with Gasteiger partial charge in [-0.15, -0.1) is 0 Å². The Bertz CT molecular complexity index is 1170. The molecule has 3 aromatic rings. The summed E-state index contributed by atoms with van der Waals surface area (Å²) >= 11 is 6.21. The molecule has 0 aliphatic carbocycles. The van der Waals surface area contributed by atoms with E-state index >= 15 is 0 Å². The van der Waals surface area contributed by atoms with Gasteiger partial charge in [-0.2, -0.15) is 0 Å². The summed E-state index contributed by atoms with van der Waals surface area (Å²) in [6, 6.07) is 12.4. The number of carbonyl (C=O) groups is 2. The first-order chi connectivity index (χ1) is 16.4. The third kappa shape index (κ3) is 5.58. The van der Waals surface area contributed by atoms with Gasteiger partial charge in [0.25, 0.3) is 5.91 Å². The lowest BCUT2D eigenvalue weighted by atomic mass is 10.1. The summed E-state index contributed by atoms with van der Waals surface area (Å²) in [5.41, 5.74) is 1.72. The van der Waals surface area contributed by atoms with Crippen LogP contribution in [0.1, 0.15) is 22.7 Å². The smallest absolute Gasteiger partial charge is 0.254 e. The highest BCUT2D eigenvalue weighted by atomic mass is 35.5. The van der Waals surface area contributed by atoms with Crippen molar-refractivity contribution in [1.82, 2.24) is 14.8 Å². The van der Waals surface area contributed by atoms with Crippen LogP contribution in [0.5, 0.6) is 5.75 Å². The Balaban J connectivity index is 1.39. The van der Waals surface area contributed by atoms with Crippen molar-refractivity contribution in [2.75, 3.05) is 45.7 Å². The monoisotopic (exact) mass is 482 g/mol. The predicted molar refractivity (Wildman–Crippen MR) is 130 cm³/mol. The second-order valence-corrected chi connectivity index (χ2v) is 8.56. The van der Waals surface area contributed by atoms with Crippen molar-refractivity contribution >= 4 is 29.1 Å². The van der Waals surface area contributed by atoms with E-state index in [0.717, 1.165) is 18.7 Å². The molecule has 1 aromatic heterocycles. The molecule has 2 heterocycles. The van der Waals surface area contributed by atoms with Crippen LogP contribution < -0.4 is 10.1 Å². The van der Waals surface area contributed by atoms with Crippen molar-refractivity contribution in [2.45, 2.75) is 12.8 Å². The van der Waals surface area contributed by atoms with E-state index < -0.39 is 0 Å². The first kappa shape index (κ1) is 23.8. The Hall–Kier alpha value is -3.36. The summed E-state index contributed by atoms with van der Waals surface area (Å²) in [5.74, 6) is 1.19. The van der Waals surface area contributed by atoms with Crippen LogP contribution in [0.15, 0.2) is 53.1 Å². The molecule has 1 fully saturated rings. The molecule has 2 aromatic carbocycles. The molecule has 0 unspecified atom stereocenters. The van der Waals surface area contributed by atoms with E-state index in [1.165, 1.54) is 7.11 Å². The average Bonchev–Trinajstić information content (AvgIpc) is 3.32. The molecular formula is C25H27ClN4O4. The molecule has 1 aliphatic rings. The normalized spacial score (nSPS) is 14.1. The fourth-order valence-corrected chi connectivity index (χ4v) is 4.00. The largest absolute Gasteiger partial charge is 0.495 e. The van der Waals surface area contributed by atoms with Crippen molar-refractivity contribution in [3.63, 3.8) is 0 Å². The standard InChI is InChI=1S/C25H27ClN4O4/c1-29-11-13-30(14-12-29)25(32)17-7-8-21(33-2)20(15-17)28-23(31)9-10-24-27-16-22(34-24)18-5-3-4-6-19(18)26/h3-8,15-16H,9-14H2,1-2H3,(H,28,31). The molecule has 178 valence electrons. The second kappa shape index (κ2) is 10.7. The zero-order valence-electron chi connectivity index (χ0n) is 19.2. The molecule has 1 aliphatic heterocycles. The van der Waals surface area contributed by atoms with E-state index in [-0.39, 0.29) is 18.2 Å². The molecule has 0 radical (unpaired) electrons. The summed E-state index contributed by atoms with van der Waals surface area (Å²) in [4.78, 5) is 33.8. The number of piperazine rings is 1. The minimum Gasteiger partial charge on any atom is -0.495 e. The van der Waals surface area contributed by atoms with Gasteiger partial charge in [-0.05, 0) is 37.4 Å². The molecule has 4 rings (SSSR count). The lowest BCUT2D eigenvalue weighted by Gasteiger charge is -2.32. The number of nitrogens with zero attached hydrogens (tertiary/aromatic N) is 3. The number of aryl methyl sites for hydroxylation is 1. The van der Waals surface area contributed by atoms with Crippen LogP contribution in [0.25, 0.3) is 11.3 Å². The van der Waals surface area contributed by atoms with Crippen molar-refractivity contribution < 1.29 is 18.7 Å². The van der Waals surface area contributed by atoms with Crippen molar-refractivity contribution in [3.8, 4) is 17.1 Å². The Morgan fingerprint density at radius 2 is 1.91 bits per heavy atom. The zero-order valence-corrected chi connectivity index (χ0v) is 20.0. The minimum absolute atomic E-state index is 0.0573. The Labute approximate surface area is 203 Å². The maximum atomic E-state index is 12.9. The molecular weight excluding hydrogens is 456 g/mol. The van der Waals surface area contributed by atoms with Gasteiger partial charge in [-0.25, -0.2) is 4.98 Å². The van der Waals surface area contributed by atoms with Gasteiger partial charge in [0.15, 0.2) is 11.7 Å². The molecule has 0 atom stereocenters. The highest BCUT2D eigenvalue weighted by Crippen LogP contribution is 2.29. The van der Waals surface area contributed by atoms with E-state index in [2.05, 4.69) is 15.2 Å². The van der Waals surface area contributed by atoms with E-state index in [1.54, 1.807) is 30.5 Å². The van der Waals surface area contributed by atoms with Gasteiger partial charge in [-0.1, -0.05) is 23.7 Å². The molecule has 0 bridgehead atoms. The summed E-state index contributed by atoms with van der Waals surface area (Å²) in [6.07, 6.45) is 2.08. The van der Waals surface area contributed by atoms with Crippen LogP contribution in [-0.4, -0.2) is 66.9 Å². The summed E-state index contributed by atoms with van der Waals surface area (Å²) in [6.45, 7) is 3.03. The van der Waals surface area contributed by atoms with Crippen molar-refractivity contribution in [3.05, 3.63) is 65.1 Å². The number of nitrogens with one attached hydrogen (secondary N) is 1. The third-order valence-electron chi connectivity index (χ3n) is 5.77. The van der Waals surface area contributed by atoms with E-state index in [9.17, 15) is 9.59 Å². The number of anilines is 1. The number of ether oxygens (including phenoxy) is 1. The topological polar surface area (TPSA) is 87.9 Å². The Morgan fingerprint density at radius 1 is 1.15 bits per heavy atom. The van der Waals surface area contributed by atoms with Gasteiger partial charge in [-0.3, -0.25) is 9.59 Å². The number of hydrogen-bond donors (Lipinski definition) is 1. The zero-order chi connectivity index (χ0) is 24.1. The van der Waals surface area contributed by atoms with E-state index in [1.807, 2.05) is 30.1 Å². The maximum Gasteiger partial charge on any atom is 0.254 e. The lowest BCUT2D eigenvalue weighted by molar-refractivity contribution is -0.116. The van der Waals surface area contributed by atoms with Crippen LogP contribution in [0.2, 0.25) is 5.02 Å². The number of aromatic nitrogens is 1. The number of oxazole rings is 1. The summed E-state index contributed by atoms with van der Waals surface area (Å²) in [5, 5.41) is 3.42. The number of halogens is 1. The second-order valence-electron chi connectivity index (χ2n) is 8.16. The molecule has 0 spiro atoms. The number of methoxy groups -OCH3 is 1. The number of rotatable bonds is 7. The van der Waals surface area contributed by atoms with Crippen LogP contribution in [-0.2, 0) is 11.2 Å². The van der Waals surface area contributed by atoms with Crippen molar-refractivity contribution in [2.24, 2.45) is 0 Å². The van der Waals surface area contributed by atoms with Gasteiger partial charge in [0.05, 0.1) is 24.0 Å². The number of carbonyl (C=O) groups excluding carboxylic acids is 2. The van der Waals surface area contributed by atoms with Gasteiger partial charge < -0.3 is 24.3 Å². The molecule has 8 nitrogen and oxygen atoms in total. The summed E-state index contributed by atoms with van der Waals surface area (Å²) < 4.78 is 11.1. The Morgan fingerprint density at radius 3 is 2.65 bits per heavy atom. The number of likely N-dealkylation sites (N-methyl/N-ethyl adjacent to an activating group) is 1. The number of hydrogen-bond acceptors (Lipinski definition) is 6. The highest BCUT2D eigenvalue weighted by Gasteiger charge is 2.22. The third-order valence-corrected chi connectivity index (χ3v) is 6.10. The first-order valence-electron chi connectivity index (χ1n) is 11.1. The van der Waals surface area contributed by atoms with Gasteiger partial charge >= 0.3 is 0 Å².